The van der Waals surface area contributed by atoms with Gasteiger partial charge in [0, 0.05) is 42.3 Å². The van der Waals surface area contributed by atoms with Crippen molar-refractivity contribution < 1.29 is 5.11 Å². The second-order valence-corrected chi connectivity index (χ2v) is 8.93. The minimum atomic E-state index is -0.288. The van der Waals surface area contributed by atoms with E-state index in [4.69, 9.17) is 0 Å². The van der Waals surface area contributed by atoms with Gasteiger partial charge in [-0.05, 0) is 44.0 Å². The van der Waals surface area contributed by atoms with E-state index < -0.39 is 0 Å². The fourth-order valence-corrected chi connectivity index (χ4v) is 5.06. The van der Waals surface area contributed by atoms with Crippen LogP contribution in [0.15, 0.2) is 35.4 Å². The lowest BCUT2D eigenvalue weighted by atomic mass is 10.2. The molecule has 1 saturated carbocycles. The van der Waals surface area contributed by atoms with Crippen molar-refractivity contribution in [3.05, 3.63) is 46.5 Å². The van der Waals surface area contributed by atoms with Crippen molar-refractivity contribution in [3.8, 4) is 0 Å². The molecule has 9 nitrogen and oxygen atoms in total. The standard InChI is InChI=1S/C24H31N7O2/c1-2-25-18-9-10-30(14-18)20-7-8-21(26-13-20)28-24-27-12-16-11-17(15-32)23(33)31(22(16)29-24)19-5-3-4-6-19/h7-8,11-13,18-19,25,32H,2-6,9-10,14-15H2,1H3,(H,26,27,28,29). The minimum absolute atomic E-state index is 0.109. The van der Waals surface area contributed by atoms with Crippen LogP contribution in [-0.4, -0.2) is 50.3 Å². The average Bonchev–Trinajstić information content (AvgIpc) is 3.52. The Hall–Kier alpha value is -3.04. The predicted octanol–water partition coefficient (Wildman–Crippen LogP) is 2.73. The highest BCUT2D eigenvalue weighted by atomic mass is 16.3. The molecule has 33 heavy (non-hydrogen) atoms. The van der Waals surface area contributed by atoms with E-state index in [-0.39, 0.29) is 18.2 Å². The van der Waals surface area contributed by atoms with E-state index >= 15 is 0 Å². The lowest BCUT2D eigenvalue weighted by molar-refractivity contribution is 0.279. The summed E-state index contributed by atoms with van der Waals surface area (Å²) in [5.74, 6) is 1.06. The first-order valence-corrected chi connectivity index (χ1v) is 11.9. The van der Waals surface area contributed by atoms with Crippen LogP contribution in [0.2, 0.25) is 0 Å². The molecule has 174 valence electrons. The first kappa shape index (κ1) is 21.8. The summed E-state index contributed by atoms with van der Waals surface area (Å²) < 4.78 is 1.76. The molecule has 3 aromatic rings. The van der Waals surface area contributed by atoms with E-state index in [1.165, 1.54) is 0 Å². The van der Waals surface area contributed by atoms with Crippen LogP contribution in [0.4, 0.5) is 17.5 Å². The zero-order chi connectivity index (χ0) is 22.8. The van der Waals surface area contributed by atoms with E-state index in [0.717, 1.165) is 62.8 Å². The quantitative estimate of drug-likeness (QED) is 0.505. The molecule has 0 spiro atoms. The summed E-state index contributed by atoms with van der Waals surface area (Å²) in [6.45, 7) is 4.85. The Kier molecular flexibility index (Phi) is 6.24. The van der Waals surface area contributed by atoms with Gasteiger partial charge >= 0.3 is 0 Å². The van der Waals surface area contributed by atoms with Crippen LogP contribution in [0, 0.1) is 0 Å². The first-order valence-electron chi connectivity index (χ1n) is 11.9. The summed E-state index contributed by atoms with van der Waals surface area (Å²) in [5, 5.41) is 17.1. The zero-order valence-electron chi connectivity index (χ0n) is 19.0. The molecular weight excluding hydrogens is 418 g/mol. The van der Waals surface area contributed by atoms with Gasteiger partial charge in [0.25, 0.3) is 5.56 Å². The van der Waals surface area contributed by atoms with Crippen LogP contribution in [0.5, 0.6) is 0 Å². The van der Waals surface area contributed by atoms with Gasteiger partial charge in [0.1, 0.15) is 11.5 Å². The SMILES string of the molecule is CCNC1CCN(c2ccc(Nc3ncc4cc(CO)c(=O)n(C5CCCC5)c4n3)nc2)C1. The summed E-state index contributed by atoms with van der Waals surface area (Å²) in [5.41, 5.74) is 1.93. The normalized spacial score (nSPS) is 19.0. The lowest BCUT2D eigenvalue weighted by Crippen LogP contribution is -2.32. The Morgan fingerprint density at radius 1 is 1.15 bits per heavy atom. The number of aliphatic hydroxyl groups excluding tert-OH is 1. The highest BCUT2D eigenvalue weighted by Gasteiger charge is 2.23. The number of nitrogens with zero attached hydrogens (tertiary/aromatic N) is 5. The van der Waals surface area contributed by atoms with Gasteiger partial charge in [0.05, 0.1) is 18.5 Å². The van der Waals surface area contributed by atoms with Gasteiger partial charge in [-0.1, -0.05) is 19.8 Å². The number of likely N-dealkylation sites (N-methyl/N-ethyl adjacent to an activating group) is 1. The number of hydrogen-bond acceptors (Lipinski definition) is 8. The number of pyridine rings is 2. The Morgan fingerprint density at radius 3 is 2.73 bits per heavy atom. The highest BCUT2D eigenvalue weighted by molar-refractivity contribution is 5.76. The zero-order valence-corrected chi connectivity index (χ0v) is 19.0. The summed E-state index contributed by atoms with van der Waals surface area (Å²) in [4.78, 5) is 29.0. The maximum atomic E-state index is 13.0. The topological polar surface area (TPSA) is 108 Å². The Labute approximate surface area is 192 Å². The van der Waals surface area contributed by atoms with E-state index in [9.17, 15) is 9.90 Å². The predicted molar refractivity (Wildman–Crippen MR) is 129 cm³/mol. The number of nitrogens with one attached hydrogen (secondary N) is 2. The fourth-order valence-electron chi connectivity index (χ4n) is 5.06. The summed E-state index contributed by atoms with van der Waals surface area (Å²) in [6, 6.07) is 6.33. The van der Waals surface area contributed by atoms with Gasteiger partial charge < -0.3 is 20.6 Å². The van der Waals surface area contributed by atoms with Gasteiger partial charge in [-0.15, -0.1) is 0 Å². The molecule has 1 aliphatic carbocycles. The van der Waals surface area contributed by atoms with E-state index in [1.807, 2.05) is 12.3 Å². The monoisotopic (exact) mass is 449 g/mol. The minimum Gasteiger partial charge on any atom is -0.391 e. The van der Waals surface area contributed by atoms with Crippen molar-refractivity contribution in [2.24, 2.45) is 0 Å². The van der Waals surface area contributed by atoms with Crippen molar-refractivity contribution in [3.63, 3.8) is 0 Å². The molecule has 3 aromatic heterocycles. The van der Waals surface area contributed by atoms with Crippen molar-refractivity contribution >= 4 is 28.5 Å². The van der Waals surface area contributed by atoms with Gasteiger partial charge in [0.15, 0.2) is 0 Å². The molecule has 1 aliphatic heterocycles. The van der Waals surface area contributed by atoms with Crippen LogP contribution < -0.4 is 21.1 Å². The first-order chi connectivity index (χ1) is 16.2. The largest absolute Gasteiger partial charge is 0.391 e. The third-order valence-corrected chi connectivity index (χ3v) is 6.74. The van der Waals surface area contributed by atoms with Crippen molar-refractivity contribution in [1.82, 2.24) is 24.8 Å². The number of rotatable bonds is 7. The number of aromatic nitrogens is 4. The van der Waals surface area contributed by atoms with E-state index in [1.54, 1.807) is 16.8 Å². The van der Waals surface area contributed by atoms with Crippen LogP contribution >= 0.6 is 0 Å². The maximum Gasteiger partial charge on any atom is 0.258 e. The van der Waals surface area contributed by atoms with Crippen LogP contribution in [-0.2, 0) is 6.61 Å². The molecule has 5 rings (SSSR count). The second kappa shape index (κ2) is 9.44. The molecule has 4 heterocycles. The molecule has 1 saturated heterocycles. The van der Waals surface area contributed by atoms with Crippen molar-refractivity contribution in [1.29, 1.82) is 0 Å². The average molecular weight is 450 g/mol. The third kappa shape index (κ3) is 4.43. The molecule has 2 fully saturated rings. The number of anilines is 3. The van der Waals surface area contributed by atoms with Gasteiger partial charge in [-0.3, -0.25) is 9.36 Å². The second-order valence-electron chi connectivity index (χ2n) is 8.93. The number of aliphatic hydroxyl groups is 1. The molecule has 9 heteroatoms. The maximum absolute atomic E-state index is 13.0. The van der Waals surface area contributed by atoms with Crippen molar-refractivity contribution in [2.45, 2.75) is 57.7 Å². The van der Waals surface area contributed by atoms with E-state index in [2.05, 4.69) is 43.5 Å². The molecule has 0 amide bonds. The van der Waals surface area contributed by atoms with Crippen molar-refractivity contribution in [2.75, 3.05) is 29.9 Å². The Balaban J connectivity index is 1.39. The van der Waals surface area contributed by atoms with Crippen LogP contribution in [0.3, 0.4) is 0 Å². The molecule has 1 atom stereocenters. The molecule has 3 N–H and O–H groups in total. The van der Waals surface area contributed by atoms with Gasteiger partial charge in [-0.2, -0.15) is 4.98 Å². The lowest BCUT2D eigenvalue weighted by Gasteiger charge is -2.19. The Morgan fingerprint density at radius 2 is 2.00 bits per heavy atom. The number of fused-ring (bicyclic) bond motifs is 1. The van der Waals surface area contributed by atoms with Crippen LogP contribution in [0.1, 0.15) is 50.6 Å². The summed E-state index contributed by atoms with van der Waals surface area (Å²) in [7, 11) is 0. The smallest absolute Gasteiger partial charge is 0.258 e. The Bertz CT molecular complexity index is 1170. The van der Waals surface area contributed by atoms with Crippen LogP contribution in [0.25, 0.3) is 11.0 Å². The molecule has 0 aromatic carbocycles. The summed E-state index contributed by atoms with van der Waals surface area (Å²) >= 11 is 0. The molecule has 2 aliphatic rings. The number of hydrogen-bond donors (Lipinski definition) is 3. The fraction of sp³-hybridized carbons (Fsp3) is 0.500. The third-order valence-electron chi connectivity index (χ3n) is 6.74. The van der Waals surface area contributed by atoms with Gasteiger partial charge in [0.2, 0.25) is 5.95 Å². The summed E-state index contributed by atoms with van der Waals surface area (Å²) in [6.07, 6.45) is 8.81. The highest BCUT2D eigenvalue weighted by Crippen LogP contribution is 2.31. The van der Waals surface area contributed by atoms with E-state index in [0.29, 0.717) is 29.0 Å². The molecule has 0 radical (unpaired) electrons. The molecule has 0 bridgehead atoms. The molecular formula is C24H31N7O2. The van der Waals surface area contributed by atoms with Gasteiger partial charge in [-0.25, -0.2) is 9.97 Å². The molecule has 1 unspecified atom stereocenters.